The maximum atomic E-state index is 8.85. The van der Waals surface area contributed by atoms with E-state index in [2.05, 4.69) is 29.6 Å². The van der Waals surface area contributed by atoms with E-state index in [1.165, 1.54) is 5.56 Å². The minimum absolute atomic E-state index is 0.447. The molecule has 0 fully saturated rings. The summed E-state index contributed by atoms with van der Waals surface area (Å²) < 4.78 is 12.5. The van der Waals surface area contributed by atoms with Crippen LogP contribution in [-0.4, -0.2) is 30.5 Å². The highest BCUT2D eigenvalue weighted by atomic mass is 16.5. The summed E-state index contributed by atoms with van der Waals surface area (Å²) in [6.45, 7) is 2.14. The van der Waals surface area contributed by atoms with E-state index in [4.69, 9.17) is 19.8 Å². The lowest BCUT2D eigenvalue weighted by molar-refractivity contribution is 0.354. The molecule has 1 heterocycles. The van der Waals surface area contributed by atoms with Crippen LogP contribution >= 0.6 is 0 Å². The maximum Gasteiger partial charge on any atom is 0.160 e. The van der Waals surface area contributed by atoms with E-state index in [1.54, 1.807) is 14.2 Å². The first-order chi connectivity index (χ1) is 14.2. The topological polar surface area (TPSA) is 72.1 Å². The molecule has 3 rings (SSSR count). The molecule has 0 spiro atoms. The van der Waals surface area contributed by atoms with Gasteiger partial charge in [-0.15, -0.1) is 0 Å². The Balaban J connectivity index is 1.64. The zero-order valence-corrected chi connectivity index (χ0v) is 16.9. The molecular formula is C23H26N4O2. The zero-order chi connectivity index (χ0) is 20.5. The summed E-state index contributed by atoms with van der Waals surface area (Å²) in [4.78, 5) is 0. The minimum atomic E-state index is 0.447. The Kier molecular flexibility index (Phi) is 7.26. The van der Waals surface area contributed by atoms with E-state index in [0.717, 1.165) is 41.3 Å². The molecule has 0 radical (unpaired) electrons. The van der Waals surface area contributed by atoms with Crippen LogP contribution in [0.25, 0.3) is 11.3 Å². The average Bonchev–Trinajstić information content (AvgIpc) is 3.18. The molecular weight excluding hydrogens is 364 g/mol. The van der Waals surface area contributed by atoms with Crippen LogP contribution < -0.4 is 14.8 Å². The van der Waals surface area contributed by atoms with Gasteiger partial charge in [-0.25, -0.2) is 0 Å². The van der Waals surface area contributed by atoms with Crippen LogP contribution in [0.4, 0.5) is 0 Å². The highest BCUT2D eigenvalue weighted by molar-refractivity contribution is 5.62. The predicted molar refractivity (Wildman–Crippen MR) is 113 cm³/mol. The van der Waals surface area contributed by atoms with Gasteiger partial charge in [-0.05, 0) is 30.7 Å². The summed E-state index contributed by atoms with van der Waals surface area (Å²) in [6, 6.07) is 18.3. The predicted octanol–water partition coefficient (Wildman–Crippen LogP) is 3.81. The largest absolute Gasteiger partial charge is 0.493 e. The Morgan fingerprint density at radius 2 is 1.86 bits per heavy atom. The van der Waals surface area contributed by atoms with Crippen molar-refractivity contribution in [3.63, 3.8) is 0 Å². The second-order valence-electron chi connectivity index (χ2n) is 6.66. The first-order valence-corrected chi connectivity index (χ1v) is 9.65. The lowest BCUT2D eigenvalue weighted by atomic mass is 10.1. The molecule has 29 heavy (non-hydrogen) atoms. The third-order valence-corrected chi connectivity index (χ3v) is 4.69. The number of ether oxygens (including phenoxy) is 2. The molecule has 3 aromatic rings. The van der Waals surface area contributed by atoms with Crippen molar-refractivity contribution in [1.29, 1.82) is 5.26 Å². The van der Waals surface area contributed by atoms with E-state index < -0.39 is 0 Å². The molecule has 0 unspecified atom stereocenters. The average molecular weight is 390 g/mol. The number of methoxy groups -OCH3 is 2. The van der Waals surface area contributed by atoms with E-state index in [9.17, 15) is 0 Å². The molecule has 6 nitrogen and oxygen atoms in total. The number of nitriles is 1. The minimum Gasteiger partial charge on any atom is -0.493 e. The summed E-state index contributed by atoms with van der Waals surface area (Å²) in [5.41, 5.74) is 4.35. The van der Waals surface area contributed by atoms with Crippen LogP contribution in [0.1, 0.15) is 17.5 Å². The lowest BCUT2D eigenvalue weighted by Gasteiger charge is -2.10. The van der Waals surface area contributed by atoms with Crippen molar-refractivity contribution in [2.24, 2.45) is 0 Å². The molecule has 1 aromatic heterocycles. The van der Waals surface area contributed by atoms with Gasteiger partial charge in [0.2, 0.25) is 0 Å². The van der Waals surface area contributed by atoms with E-state index in [1.807, 2.05) is 41.2 Å². The number of hydrogen-bond donors (Lipinski definition) is 1. The number of nitrogens with zero attached hydrogens (tertiary/aromatic N) is 3. The number of aryl methyl sites for hydroxylation is 1. The molecule has 0 aliphatic heterocycles. The molecule has 0 aliphatic rings. The van der Waals surface area contributed by atoms with Gasteiger partial charge < -0.3 is 14.8 Å². The third-order valence-electron chi connectivity index (χ3n) is 4.69. The Bertz CT molecular complexity index is 961. The quantitative estimate of drug-likeness (QED) is 0.533. The fourth-order valence-corrected chi connectivity index (χ4v) is 3.20. The first kappa shape index (κ1) is 20.4. The Morgan fingerprint density at radius 1 is 1.07 bits per heavy atom. The van der Waals surface area contributed by atoms with Gasteiger partial charge in [0.15, 0.2) is 11.5 Å². The Hall–Kier alpha value is -3.30. The molecule has 0 bridgehead atoms. The highest BCUT2D eigenvalue weighted by Crippen LogP contribution is 2.27. The fourth-order valence-electron chi connectivity index (χ4n) is 3.20. The van der Waals surface area contributed by atoms with Gasteiger partial charge in [-0.3, -0.25) is 4.68 Å². The van der Waals surface area contributed by atoms with Gasteiger partial charge in [0.25, 0.3) is 0 Å². The van der Waals surface area contributed by atoms with Gasteiger partial charge >= 0.3 is 0 Å². The number of hydrogen-bond acceptors (Lipinski definition) is 5. The summed E-state index contributed by atoms with van der Waals surface area (Å²) >= 11 is 0. The van der Waals surface area contributed by atoms with Gasteiger partial charge in [0, 0.05) is 23.9 Å². The number of aromatic nitrogens is 2. The molecule has 0 saturated heterocycles. The molecule has 0 aliphatic carbocycles. The van der Waals surface area contributed by atoms with Crippen LogP contribution in [0.15, 0.2) is 54.7 Å². The normalized spacial score (nSPS) is 10.5. The first-order valence-electron chi connectivity index (χ1n) is 9.65. The van der Waals surface area contributed by atoms with Crippen molar-refractivity contribution in [2.45, 2.75) is 25.9 Å². The van der Waals surface area contributed by atoms with Gasteiger partial charge in [-0.1, -0.05) is 36.4 Å². The van der Waals surface area contributed by atoms with Crippen molar-refractivity contribution in [3.8, 4) is 28.8 Å². The summed E-state index contributed by atoms with van der Waals surface area (Å²) in [5, 5.41) is 17.0. The van der Waals surface area contributed by atoms with E-state index in [0.29, 0.717) is 19.5 Å². The lowest BCUT2D eigenvalue weighted by Crippen LogP contribution is -2.17. The summed E-state index contributed by atoms with van der Waals surface area (Å²) in [5.74, 6) is 1.48. The highest BCUT2D eigenvalue weighted by Gasteiger charge is 2.11. The maximum absolute atomic E-state index is 8.85. The van der Waals surface area contributed by atoms with Gasteiger partial charge in [-0.2, -0.15) is 10.4 Å². The van der Waals surface area contributed by atoms with Crippen LogP contribution in [0.3, 0.4) is 0 Å². The Morgan fingerprint density at radius 3 is 2.59 bits per heavy atom. The van der Waals surface area contributed by atoms with E-state index in [-0.39, 0.29) is 0 Å². The molecule has 150 valence electrons. The monoisotopic (exact) mass is 390 g/mol. The number of benzene rings is 2. The smallest absolute Gasteiger partial charge is 0.160 e. The van der Waals surface area contributed by atoms with Crippen molar-refractivity contribution >= 4 is 0 Å². The summed E-state index contributed by atoms with van der Waals surface area (Å²) in [7, 11) is 3.29. The molecule has 2 aromatic carbocycles. The van der Waals surface area contributed by atoms with Gasteiger partial charge in [0.1, 0.15) is 0 Å². The molecule has 0 atom stereocenters. The zero-order valence-electron chi connectivity index (χ0n) is 16.9. The van der Waals surface area contributed by atoms with Gasteiger partial charge in [0.05, 0.1) is 38.9 Å². The van der Waals surface area contributed by atoms with Crippen LogP contribution in [-0.2, 0) is 19.5 Å². The van der Waals surface area contributed by atoms with Crippen molar-refractivity contribution < 1.29 is 9.47 Å². The Labute approximate surface area is 171 Å². The standard InChI is InChI=1S/C23H26N4O2/c1-28-21-10-9-18(15-22(21)29-2)11-13-25-16-20-17-27(14-6-12-24)26-23(20)19-7-4-3-5-8-19/h3-5,7-10,15,17,25H,6,11,13-14,16H2,1-2H3. The SMILES string of the molecule is COc1ccc(CCNCc2cn(CCC#N)nc2-c2ccccc2)cc1OC. The molecule has 6 heteroatoms. The fraction of sp³-hybridized carbons (Fsp3) is 0.304. The van der Waals surface area contributed by atoms with Crippen LogP contribution in [0.5, 0.6) is 11.5 Å². The van der Waals surface area contributed by atoms with Crippen molar-refractivity contribution in [3.05, 3.63) is 65.9 Å². The summed E-state index contributed by atoms with van der Waals surface area (Å²) in [6.07, 6.45) is 3.36. The number of rotatable bonds is 10. The second-order valence-corrected chi connectivity index (χ2v) is 6.66. The second kappa shape index (κ2) is 10.3. The number of nitrogens with one attached hydrogen (secondary N) is 1. The molecule has 0 amide bonds. The van der Waals surface area contributed by atoms with Crippen molar-refractivity contribution in [2.75, 3.05) is 20.8 Å². The van der Waals surface area contributed by atoms with E-state index >= 15 is 0 Å². The molecule has 0 saturated carbocycles. The third kappa shape index (κ3) is 5.37. The van der Waals surface area contributed by atoms with Crippen LogP contribution in [0.2, 0.25) is 0 Å². The molecule has 1 N–H and O–H groups in total. The van der Waals surface area contributed by atoms with Crippen molar-refractivity contribution in [1.82, 2.24) is 15.1 Å². The van der Waals surface area contributed by atoms with Crippen LogP contribution in [0, 0.1) is 11.3 Å².